The first-order valence-corrected chi connectivity index (χ1v) is 6.91. The molecule has 0 heterocycles. The largest absolute Gasteiger partial charge is 0.493 e. The van der Waals surface area contributed by atoms with E-state index in [1.54, 1.807) is 31.2 Å². The maximum atomic E-state index is 11.7. The SMILES string of the molecule is CN(C)CC(C)(O)CNC(=O)CCOc1cccc(N)c1. The highest BCUT2D eigenvalue weighted by atomic mass is 16.5. The number of benzene rings is 1. The molecule has 0 bridgehead atoms. The summed E-state index contributed by atoms with van der Waals surface area (Å²) in [4.78, 5) is 13.6. The summed E-state index contributed by atoms with van der Waals surface area (Å²) in [6.07, 6.45) is 0.229. The number of aliphatic hydroxyl groups is 1. The first-order chi connectivity index (χ1) is 9.78. The Morgan fingerprint density at radius 3 is 2.81 bits per heavy atom. The Hall–Kier alpha value is -1.79. The second-order valence-corrected chi connectivity index (χ2v) is 5.68. The molecule has 0 fully saturated rings. The Morgan fingerprint density at radius 1 is 1.48 bits per heavy atom. The molecule has 4 N–H and O–H groups in total. The smallest absolute Gasteiger partial charge is 0.223 e. The molecule has 0 aromatic heterocycles. The van der Waals surface area contributed by atoms with Crippen LogP contribution in [0.5, 0.6) is 5.75 Å². The van der Waals surface area contributed by atoms with Gasteiger partial charge < -0.3 is 25.8 Å². The summed E-state index contributed by atoms with van der Waals surface area (Å²) in [6, 6.07) is 7.06. The number of ether oxygens (including phenoxy) is 1. The highest BCUT2D eigenvalue weighted by Gasteiger charge is 2.21. The summed E-state index contributed by atoms with van der Waals surface area (Å²) in [7, 11) is 3.74. The van der Waals surface area contributed by atoms with E-state index in [2.05, 4.69) is 5.32 Å². The molecule has 1 rings (SSSR count). The van der Waals surface area contributed by atoms with Gasteiger partial charge in [-0.3, -0.25) is 4.79 Å². The predicted octanol–water partition coefficient (Wildman–Crippen LogP) is 0.467. The fraction of sp³-hybridized carbons (Fsp3) is 0.533. The first-order valence-electron chi connectivity index (χ1n) is 6.91. The Labute approximate surface area is 125 Å². The minimum atomic E-state index is -0.950. The van der Waals surface area contributed by atoms with Gasteiger partial charge in [-0.1, -0.05) is 6.07 Å². The molecule has 0 aliphatic rings. The van der Waals surface area contributed by atoms with Crippen molar-refractivity contribution >= 4 is 11.6 Å². The third-order valence-corrected chi connectivity index (χ3v) is 2.78. The van der Waals surface area contributed by atoms with Crippen LogP contribution < -0.4 is 15.8 Å². The van der Waals surface area contributed by atoms with Crippen LogP contribution >= 0.6 is 0 Å². The van der Waals surface area contributed by atoms with Gasteiger partial charge in [0, 0.05) is 24.8 Å². The lowest BCUT2D eigenvalue weighted by atomic mass is 10.1. The normalized spacial score (nSPS) is 13.8. The molecular formula is C15H25N3O3. The monoisotopic (exact) mass is 295 g/mol. The predicted molar refractivity (Wildman–Crippen MR) is 83.2 cm³/mol. The third kappa shape index (κ3) is 7.53. The number of rotatable bonds is 8. The van der Waals surface area contributed by atoms with E-state index in [4.69, 9.17) is 10.5 Å². The van der Waals surface area contributed by atoms with Gasteiger partial charge in [0.15, 0.2) is 0 Å². The average Bonchev–Trinajstić information content (AvgIpc) is 2.35. The molecule has 1 unspecified atom stereocenters. The van der Waals surface area contributed by atoms with E-state index in [-0.39, 0.29) is 25.5 Å². The Morgan fingerprint density at radius 2 is 2.19 bits per heavy atom. The van der Waals surface area contributed by atoms with Crippen LogP contribution in [-0.4, -0.2) is 55.3 Å². The van der Waals surface area contributed by atoms with Crippen molar-refractivity contribution in [2.24, 2.45) is 0 Å². The number of carbonyl (C=O) groups excluding carboxylic acids is 1. The average molecular weight is 295 g/mol. The molecule has 0 radical (unpaired) electrons. The number of nitrogens with two attached hydrogens (primary N) is 1. The van der Waals surface area contributed by atoms with Crippen molar-refractivity contribution in [1.82, 2.24) is 10.2 Å². The molecule has 118 valence electrons. The summed E-state index contributed by atoms with van der Waals surface area (Å²) >= 11 is 0. The van der Waals surface area contributed by atoms with Gasteiger partial charge in [0.1, 0.15) is 5.75 Å². The quantitative estimate of drug-likeness (QED) is 0.607. The second kappa shape index (κ2) is 7.85. The zero-order valence-electron chi connectivity index (χ0n) is 12.9. The van der Waals surface area contributed by atoms with Crippen molar-refractivity contribution in [3.63, 3.8) is 0 Å². The molecule has 1 aromatic carbocycles. The minimum absolute atomic E-state index is 0.155. The van der Waals surface area contributed by atoms with Crippen LogP contribution in [-0.2, 0) is 4.79 Å². The maximum Gasteiger partial charge on any atom is 0.223 e. The molecule has 1 aromatic rings. The van der Waals surface area contributed by atoms with Gasteiger partial charge in [-0.2, -0.15) is 0 Å². The zero-order valence-corrected chi connectivity index (χ0v) is 12.9. The molecule has 1 atom stereocenters. The Balaban J connectivity index is 2.25. The lowest BCUT2D eigenvalue weighted by Crippen LogP contribution is -2.47. The number of nitrogen functional groups attached to an aromatic ring is 1. The molecular weight excluding hydrogens is 270 g/mol. The number of anilines is 1. The van der Waals surface area contributed by atoms with Crippen LogP contribution in [0.3, 0.4) is 0 Å². The highest BCUT2D eigenvalue weighted by Crippen LogP contribution is 2.14. The van der Waals surface area contributed by atoms with Crippen molar-refractivity contribution in [3.05, 3.63) is 24.3 Å². The van der Waals surface area contributed by atoms with Crippen molar-refractivity contribution in [1.29, 1.82) is 0 Å². The molecule has 21 heavy (non-hydrogen) atoms. The van der Waals surface area contributed by atoms with E-state index < -0.39 is 5.60 Å². The number of hydrogen-bond donors (Lipinski definition) is 3. The van der Waals surface area contributed by atoms with Crippen molar-refractivity contribution in [2.45, 2.75) is 18.9 Å². The van der Waals surface area contributed by atoms with Crippen molar-refractivity contribution < 1.29 is 14.6 Å². The molecule has 0 saturated heterocycles. The van der Waals surface area contributed by atoms with Gasteiger partial charge in [-0.15, -0.1) is 0 Å². The van der Waals surface area contributed by atoms with Gasteiger partial charge in [-0.05, 0) is 33.2 Å². The number of likely N-dealkylation sites (N-methyl/N-ethyl adjacent to an activating group) is 1. The number of nitrogens with zero attached hydrogens (tertiary/aromatic N) is 1. The van der Waals surface area contributed by atoms with Gasteiger partial charge >= 0.3 is 0 Å². The number of hydrogen-bond acceptors (Lipinski definition) is 5. The standard InChI is InChI=1S/C15H25N3O3/c1-15(20,11-18(2)3)10-17-14(19)7-8-21-13-6-4-5-12(16)9-13/h4-6,9,20H,7-8,10-11,16H2,1-3H3,(H,17,19). The van der Waals surface area contributed by atoms with Crippen LogP contribution in [0.25, 0.3) is 0 Å². The van der Waals surface area contributed by atoms with Crippen molar-refractivity contribution in [2.75, 3.05) is 39.5 Å². The van der Waals surface area contributed by atoms with E-state index in [0.29, 0.717) is 18.0 Å². The zero-order chi connectivity index (χ0) is 15.9. The molecule has 1 amide bonds. The summed E-state index contributed by atoms with van der Waals surface area (Å²) in [5.41, 5.74) is 5.31. The first kappa shape index (κ1) is 17.3. The molecule has 0 saturated carbocycles. The summed E-state index contributed by atoms with van der Waals surface area (Å²) in [5, 5.41) is 12.8. The number of carbonyl (C=O) groups is 1. The lowest BCUT2D eigenvalue weighted by Gasteiger charge is -2.27. The molecule has 0 spiro atoms. The summed E-state index contributed by atoms with van der Waals surface area (Å²) < 4.78 is 5.44. The molecule has 6 nitrogen and oxygen atoms in total. The molecule has 0 aliphatic carbocycles. The van der Waals surface area contributed by atoms with Crippen LogP contribution in [0.4, 0.5) is 5.69 Å². The third-order valence-electron chi connectivity index (χ3n) is 2.78. The fourth-order valence-corrected chi connectivity index (χ4v) is 1.98. The van der Waals surface area contributed by atoms with E-state index >= 15 is 0 Å². The van der Waals surface area contributed by atoms with Crippen LogP contribution in [0.1, 0.15) is 13.3 Å². The molecule has 6 heteroatoms. The van der Waals surface area contributed by atoms with E-state index in [9.17, 15) is 9.90 Å². The lowest BCUT2D eigenvalue weighted by molar-refractivity contribution is -0.122. The van der Waals surface area contributed by atoms with Crippen LogP contribution in [0, 0.1) is 0 Å². The van der Waals surface area contributed by atoms with Gasteiger partial charge in [0.25, 0.3) is 0 Å². The number of amides is 1. The maximum absolute atomic E-state index is 11.7. The highest BCUT2D eigenvalue weighted by molar-refractivity contribution is 5.76. The van der Waals surface area contributed by atoms with Crippen LogP contribution in [0.2, 0.25) is 0 Å². The fourth-order valence-electron chi connectivity index (χ4n) is 1.98. The second-order valence-electron chi connectivity index (χ2n) is 5.68. The Bertz CT molecular complexity index is 461. The van der Waals surface area contributed by atoms with Gasteiger partial charge in [0.2, 0.25) is 5.91 Å². The Kier molecular flexibility index (Phi) is 6.45. The summed E-state index contributed by atoms with van der Waals surface area (Å²) in [5.74, 6) is 0.486. The van der Waals surface area contributed by atoms with Crippen molar-refractivity contribution in [3.8, 4) is 5.75 Å². The molecule has 0 aliphatic heterocycles. The topological polar surface area (TPSA) is 87.8 Å². The number of nitrogens with one attached hydrogen (secondary N) is 1. The van der Waals surface area contributed by atoms with Gasteiger partial charge in [0.05, 0.1) is 18.6 Å². The van der Waals surface area contributed by atoms with Crippen LogP contribution in [0.15, 0.2) is 24.3 Å². The summed E-state index contributed by atoms with van der Waals surface area (Å²) in [6.45, 7) is 2.65. The van der Waals surface area contributed by atoms with E-state index in [0.717, 1.165) is 0 Å². The van der Waals surface area contributed by atoms with E-state index in [1.165, 1.54) is 0 Å². The minimum Gasteiger partial charge on any atom is -0.493 e. The van der Waals surface area contributed by atoms with E-state index in [1.807, 2.05) is 19.0 Å². The van der Waals surface area contributed by atoms with Gasteiger partial charge in [-0.25, -0.2) is 0 Å².